The predicted octanol–water partition coefficient (Wildman–Crippen LogP) is 6.85. The van der Waals surface area contributed by atoms with E-state index in [2.05, 4.69) is 12.1 Å². The number of carbonyl (C=O) groups excluding carboxylic acids is 3. The number of thioether (sulfide) groups is 1. The van der Waals surface area contributed by atoms with Crippen LogP contribution >= 0.6 is 23.4 Å². The second-order valence-electron chi connectivity index (χ2n) is 9.59. The van der Waals surface area contributed by atoms with Gasteiger partial charge in [-0.3, -0.25) is 19.3 Å². The van der Waals surface area contributed by atoms with Crippen LogP contribution in [0.3, 0.4) is 0 Å². The molecular formula is C29H28ClNO6S. The molecule has 0 spiro atoms. The minimum absolute atomic E-state index is 0.168. The molecule has 198 valence electrons. The number of carbonyl (C=O) groups is 3. The van der Waals surface area contributed by atoms with Gasteiger partial charge in [-0.25, -0.2) is 0 Å². The zero-order valence-electron chi connectivity index (χ0n) is 21.6. The van der Waals surface area contributed by atoms with Gasteiger partial charge in [-0.1, -0.05) is 48.0 Å². The molecule has 1 aliphatic heterocycles. The maximum Gasteiger partial charge on any atom is 0.326 e. The fraction of sp³-hybridized carbons (Fsp3) is 0.276. The average molecular weight is 554 g/mol. The Morgan fingerprint density at radius 1 is 1.03 bits per heavy atom. The van der Waals surface area contributed by atoms with Gasteiger partial charge in [0.25, 0.3) is 11.1 Å². The van der Waals surface area contributed by atoms with Crippen LogP contribution < -0.4 is 9.47 Å². The molecule has 1 fully saturated rings. The second-order valence-corrected chi connectivity index (χ2v) is 11.0. The molecule has 0 atom stereocenters. The van der Waals surface area contributed by atoms with Crippen LogP contribution in [0.1, 0.15) is 38.8 Å². The van der Waals surface area contributed by atoms with Crippen LogP contribution in [0.5, 0.6) is 11.5 Å². The summed E-state index contributed by atoms with van der Waals surface area (Å²) in [6, 6.07) is 17.5. The third-order valence-electron chi connectivity index (χ3n) is 5.41. The number of nitrogens with zero attached hydrogens (tertiary/aromatic N) is 1. The number of halogens is 1. The van der Waals surface area contributed by atoms with Gasteiger partial charge in [0.1, 0.15) is 18.8 Å². The molecule has 1 aliphatic rings. The molecule has 1 saturated heterocycles. The van der Waals surface area contributed by atoms with Crippen molar-refractivity contribution in [2.45, 2.75) is 39.9 Å². The number of imide groups is 1. The molecule has 9 heteroatoms. The Morgan fingerprint density at radius 2 is 1.76 bits per heavy atom. The SMILES string of the molecule is CCOc1cc(C=C2SC(=O)N(CC(=O)OC(C)(C)C)C2=O)cc(Cl)c1OCc1ccc2ccccc2c1. The topological polar surface area (TPSA) is 82.1 Å². The van der Waals surface area contributed by atoms with Crippen molar-refractivity contribution in [3.05, 3.63) is 75.7 Å². The summed E-state index contributed by atoms with van der Waals surface area (Å²) in [5.41, 5.74) is 0.809. The van der Waals surface area contributed by atoms with Crippen molar-refractivity contribution in [3.8, 4) is 11.5 Å². The van der Waals surface area contributed by atoms with Crippen molar-refractivity contribution in [2.75, 3.05) is 13.2 Å². The lowest BCUT2D eigenvalue weighted by atomic mass is 10.1. The molecule has 38 heavy (non-hydrogen) atoms. The molecule has 3 aromatic rings. The largest absolute Gasteiger partial charge is 0.490 e. The molecule has 0 bridgehead atoms. The molecule has 7 nitrogen and oxygen atoms in total. The molecule has 0 aromatic heterocycles. The van der Waals surface area contributed by atoms with E-state index >= 15 is 0 Å². The number of amides is 2. The third kappa shape index (κ3) is 6.68. The van der Waals surface area contributed by atoms with Crippen LogP contribution in [0.15, 0.2) is 59.5 Å². The molecule has 0 N–H and O–H groups in total. The molecule has 0 unspecified atom stereocenters. The van der Waals surface area contributed by atoms with Gasteiger partial charge in [-0.15, -0.1) is 0 Å². The number of hydrogen-bond donors (Lipinski definition) is 0. The first-order chi connectivity index (χ1) is 18.0. The van der Waals surface area contributed by atoms with Crippen LogP contribution in [0.25, 0.3) is 16.8 Å². The number of esters is 1. The summed E-state index contributed by atoms with van der Waals surface area (Å²) in [6.45, 7) is 7.20. The lowest BCUT2D eigenvalue weighted by Crippen LogP contribution is -2.37. The lowest BCUT2D eigenvalue weighted by molar-refractivity contribution is -0.156. The molecular weight excluding hydrogens is 526 g/mol. The highest BCUT2D eigenvalue weighted by atomic mass is 35.5. The van der Waals surface area contributed by atoms with E-state index in [4.69, 9.17) is 25.8 Å². The highest BCUT2D eigenvalue weighted by molar-refractivity contribution is 8.18. The Kier molecular flexibility index (Phi) is 8.33. The summed E-state index contributed by atoms with van der Waals surface area (Å²) in [5, 5.41) is 2.01. The van der Waals surface area contributed by atoms with Crippen LogP contribution in [0, 0.1) is 0 Å². The summed E-state index contributed by atoms with van der Waals surface area (Å²) in [7, 11) is 0. The number of benzene rings is 3. The monoisotopic (exact) mass is 553 g/mol. The predicted molar refractivity (Wildman–Crippen MR) is 149 cm³/mol. The second kappa shape index (κ2) is 11.5. The van der Waals surface area contributed by atoms with Crippen molar-refractivity contribution < 1.29 is 28.6 Å². The van der Waals surface area contributed by atoms with Crippen LogP contribution in [0.2, 0.25) is 5.02 Å². The van der Waals surface area contributed by atoms with Gasteiger partial charge >= 0.3 is 5.97 Å². The van der Waals surface area contributed by atoms with E-state index in [1.54, 1.807) is 39.0 Å². The number of fused-ring (bicyclic) bond motifs is 1. The summed E-state index contributed by atoms with van der Waals surface area (Å²) < 4.78 is 17.1. The van der Waals surface area contributed by atoms with Gasteiger partial charge in [-0.05, 0) is 85.6 Å². The Balaban J connectivity index is 1.52. The van der Waals surface area contributed by atoms with Crippen molar-refractivity contribution in [2.24, 2.45) is 0 Å². The maximum atomic E-state index is 12.9. The van der Waals surface area contributed by atoms with Gasteiger partial charge in [0, 0.05) is 0 Å². The normalized spacial score (nSPS) is 14.9. The summed E-state index contributed by atoms with van der Waals surface area (Å²) in [4.78, 5) is 38.5. The quantitative estimate of drug-likeness (QED) is 0.223. The van der Waals surface area contributed by atoms with Crippen molar-refractivity contribution >= 4 is 57.3 Å². The van der Waals surface area contributed by atoms with Crippen LogP contribution in [0.4, 0.5) is 4.79 Å². The lowest BCUT2D eigenvalue weighted by Gasteiger charge is -2.21. The molecule has 0 aliphatic carbocycles. The number of rotatable bonds is 8. The van der Waals surface area contributed by atoms with E-state index in [9.17, 15) is 14.4 Å². The molecule has 4 rings (SSSR count). The van der Waals surface area contributed by atoms with Gasteiger partial charge in [0.2, 0.25) is 0 Å². The first kappa shape index (κ1) is 27.5. The fourth-order valence-electron chi connectivity index (χ4n) is 3.85. The van der Waals surface area contributed by atoms with E-state index in [-0.39, 0.29) is 11.5 Å². The Morgan fingerprint density at radius 3 is 2.47 bits per heavy atom. The average Bonchev–Trinajstić information content (AvgIpc) is 3.09. The van der Waals surface area contributed by atoms with Gasteiger partial charge in [0.15, 0.2) is 11.5 Å². The zero-order valence-corrected chi connectivity index (χ0v) is 23.2. The molecule has 3 aromatic carbocycles. The zero-order chi connectivity index (χ0) is 27.4. The Bertz CT molecular complexity index is 1430. The summed E-state index contributed by atoms with van der Waals surface area (Å²) in [6.07, 6.45) is 1.54. The van der Waals surface area contributed by atoms with Crippen molar-refractivity contribution in [1.82, 2.24) is 4.90 Å². The first-order valence-corrected chi connectivity index (χ1v) is 13.3. The smallest absolute Gasteiger partial charge is 0.326 e. The minimum Gasteiger partial charge on any atom is -0.490 e. The molecule has 0 radical (unpaired) electrons. The maximum absolute atomic E-state index is 12.9. The Labute approximate surface area is 230 Å². The first-order valence-electron chi connectivity index (χ1n) is 12.1. The summed E-state index contributed by atoms with van der Waals surface area (Å²) >= 11 is 7.33. The molecule has 0 saturated carbocycles. The highest BCUT2D eigenvalue weighted by Gasteiger charge is 2.37. The highest BCUT2D eigenvalue weighted by Crippen LogP contribution is 2.39. The molecule has 1 heterocycles. The van der Waals surface area contributed by atoms with E-state index in [0.29, 0.717) is 28.7 Å². The minimum atomic E-state index is -0.723. The standard InChI is InChI=1S/C29H28ClNO6S/c1-5-35-23-14-19(15-24-27(33)31(28(34)38-24)16-25(32)37-29(2,3)4)13-22(30)26(23)36-17-18-10-11-20-8-6-7-9-21(20)12-18/h6-15H,5,16-17H2,1-4H3. The van der Waals surface area contributed by atoms with Crippen LogP contribution in [-0.2, 0) is 20.9 Å². The Hall–Kier alpha value is -3.49. The van der Waals surface area contributed by atoms with Gasteiger partial charge < -0.3 is 14.2 Å². The number of ether oxygens (including phenoxy) is 3. The van der Waals surface area contributed by atoms with Gasteiger partial charge in [-0.2, -0.15) is 0 Å². The van der Waals surface area contributed by atoms with E-state index in [0.717, 1.165) is 33.0 Å². The number of hydrogen-bond acceptors (Lipinski definition) is 7. The van der Waals surface area contributed by atoms with Crippen LogP contribution in [-0.4, -0.2) is 40.8 Å². The third-order valence-corrected chi connectivity index (χ3v) is 6.60. The van der Waals surface area contributed by atoms with E-state index < -0.39 is 29.3 Å². The van der Waals surface area contributed by atoms with E-state index in [1.165, 1.54) is 0 Å². The van der Waals surface area contributed by atoms with Gasteiger partial charge in [0.05, 0.1) is 16.5 Å². The van der Waals surface area contributed by atoms with E-state index in [1.807, 2.05) is 37.3 Å². The molecule has 2 amide bonds. The summed E-state index contributed by atoms with van der Waals surface area (Å²) in [5.74, 6) is -0.427. The van der Waals surface area contributed by atoms with Crippen molar-refractivity contribution in [3.63, 3.8) is 0 Å². The fourth-order valence-corrected chi connectivity index (χ4v) is 4.96. The van der Waals surface area contributed by atoms with Crippen molar-refractivity contribution in [1.29, 1.82) is 0 Å².